The summed E-state index contributed by atoms with van der Waals surface area (Å²) in [4.78, 5) is 43.9. The number of rotatable bonds is 4. The normalized spacial score (nSPS) is 30.0. The first kappa shape index (κ1) is 18.8. The number of hydrogen-bond donors (Lipinski definition) is 0. The predicted molar refractivity (Wildman–Crippen MR) is 102 cm³/mol. The first-order valence-corrected chi connectivity index (χ1v) is 10.9. The van der Waals surface area contributed by atoms with Crippen LogP contribution >= 0.6 is 0 Å². The van der Waals surface area contributed by atoms with Crippen LogP contribution in [0.15, 0.2) is 0 Å². The number of piperidine rings is 1. The van der Waals surface area contributed by atoms with Gasteiger partial charge in [-0.1, -0.05) is 12.8 Å². The molecule has 3 saturated heterocycles. The van der Waals surface area contributed by atoms with Crippen LogP contribution in [-0.4, -0.2) is 71.7 Å². The van der Waals surface area contributed by atoms with Gasteiger partial charge in [0.05, 0.1) is 12.0 Å². The van der Waals surface area contributed by atoms with Gasteiger partial charge < -0.3 is 14.7 Å². The summed E-state index contributed by atoms with van der Waals surface area (Å²) in [5.74, 6) is 1.10. The van der Waals surface area contributed by atoms with E-state index in [1.165, 1.54) is 19.3 Å². The lowest BCUT2D eigenvalue weighted by atomic mass is 9.77. The maximum atomic E-state index is 13.2. The van der Waals surface area contributed by atoms with E-state index in [2.05, 4.69) is 4.90 Å². The maximum Gasteiger partial charge on any atom is 0.242 e. The van der Waals surface area contributed by atoms with E-state index >= 15 is 0 Å². The summed E-state index contributed by atoms with van der Waals surface area (Å²) in [7, 11) is 0. The second-order valence-electron chi connectivity index (χ2n) is 9.12. The molecule has 0 aromatic rings. The molecule has 0 radical (unpaired) electrons. The van der Waals surface area contributed by atoms with Crippen molar-refractivity contribution in [2.24, 2.45) is 11.3 Å². The van der Waals surface area contributed by atoms with Crippen LogP contribution in [0.4, 0.5) is 0 Å². The van der Waals surface area contributed by atoms with Gasteiger partial charge >= 0.3 is 0 Å². The molecule has 1 saturated carbocycles. The van der Waals surface area contributed by atoms with Crippen LogP contribution in [0.5, 0.6) is 0 Å². The van der Waals surface area contributed by atoms with Gasteiger partial charge in [-0.05, 0) is 50.9 Å². The molecule has 1 atom stereocenters. The summed E-state index contributed by atoms with van der Waals surface area (Å²) >= 11 is 0. The molecule has 4 fully saturated rings. The highest BCUT2D eigenvalue weighted by Gasteiger charge is 2.49. The van der Waals surface area contributed by atoms with Crippen LogP contribution in [0.2, 0.25) is 0 Å². The lowest BCUT2D eigenvalue weighted by Crippen LogP contribution is -2.52. The minimum absolute atomic E-state index is 0.0195. The van der Waals surface area contributed by atoms with Crippen LogP contribution in [0.1, 0.15) is 64.2 Å². The minimum Gasteiger partial charge on any atom is -0.342 e. The fourth-order valence-corrected chi connectivity index (χ4v) is 5.25. The summed E-state index contributed by atoms with van der Waals surface area (Å²) < 4.78 is 0. The smallest absolute Gasteiger partial charge is 0.242 e. The van der Waals surface area contributed by atoms with E-state index in [1.807, 2.05) is 4.90 Å². The number of likely N-dealkylation sites (tertiary alicyclic amines) is 3. The average Bonchev–Trinajstić information content (AvgIpc) is 2.95. The lowest BCUT2D eigenvalue weighted by molar-refractivity contribution is -0.148. The molecular weight excluding hydrogens is 342 g/mol. The molecule has 3 amide bonds. The summed E-state index contributed by atoms with van der Waals surface area (Å²) in [6.45, 7) is 3.88. The third-order valence-electron chi connectivity index (χ3n) is 7.23. The van der Waals surface area contributed by atoms with Crippen molar-refractivity contribution in [1.82, 2.24) is 14.7 Å². The Morgan fingerprint density at radius 1 is 0.926 bits per heavy atom. The highest BCUT2D eigenvalue weighted by molar-refractivity contribution is 5.88. The Bertz CT molecular complexity index is 603. The van der Waals surface area contributed by atoms with Gasteiger partial charge in [-0.2, -0.15) is 0 Å². The fourth-order valence-electron chi connectivity index (χ4n) is 5.25. The Morgan fingerprint density at radius 3 is 2.52 bits per heavy atom. The zero-order valence-electron chi connectivity index (χ0n) is 16.5. The summed E-state index contributed by atoms with van der Waals surface area (Å²) in [6.07, 6.45) is 10.1. The highest BCUT2D eigenvalue weighted by Crippen LogP contribution is 2.41. The van der Waals surface area contributed by atoms with E-state index in [4.69, 9.17) is 0 Å². The van der Waals surface area contributed by atoms with E-state index in [-0.39, 0.29) is 29.7 Å². The first-order valence-electron chi connectivity index (χ1n) is 10.9. The molecule has 6 heteroatoms. The minimum atomic E-state index is -0.361. The predicted octanol–water partition coefficient (Wildman–Crippen LogP) is 2.03. The molecule has 150 valence electrons. The standard InChI is InChI=1S/C21H33N3O3/c25-18-8-2-1-3-11-22(18)15-19(26)24-13-10-21(16-24)9-5-12-23(20(21)27)14-17-6-4-7-17/h17H,1-16H2/t21-/m0/s1. The topological polar surface area (TPSA) is 60.9 Å². The number of amides is 3. The maximum absolute atomic E-state index is 13.2. The zero-order valence-corrected chi connectivity index (χ0v) is 16.5. The van der Waals surface area contributed by atoms with E-state index in [9.17, 15) is 14.4 Å². The largest absolute Gasteiger partial charge is 0.342 e. The van der Waals surface area contributed by atoms with Crippen molar-refractivity contribution in [2.75, 3.05) is 39.3 Å². The van der Waals surface area contributed by atoms with Gasteiger partial charge in [-0.25, -0.2) is 0 Å². The number of nitrogens with zero attached hydrogens (tertiary/aromatic N) is 3. The van der Waals surface area contributed by atoms with Crippen molar-refractivity contribution < 1.29 is 14.4 Å². The Labute approximate surface area is 162 Å². The summed E-state index contributed by atoms with van der Waals surface area (Å²) in [5, 5.41) is 0. The van der Waals surface area contributed by atoms with Crippen molar-refractivity contribution >= 4 is 17.7 Å². The van der Waals surface area contributed by atoms with Gasteiger partial charge in [0.1, 0.15) is 0 Å². The van der Waals surface area contributed by atoms with E-state index in [0.717, 1.165) is 51.6 Å². The molecule has 27 heavy (non-hydrogen) atoms. The molecule has 1 spiro atoms. The monoisotopic (exact) mass is 375 g/mol. The Hall–Kier alpha value is -1.59. The number of hydrogen-bond acceptors (Lipinski definition) is 3. The molecule has 0 unspecified atom stereocenters. The van der Waals surface area contributed by atoms with Crippen molar-refractivity contribution in [3.05, 3.63) is 0 Å². The molecule has 3 heterocycles. The summed E-state index contributed by atoms with van der Waals surface area (Å²) in [6, 6.07) is 0. The SMILES string of the molecule is O=C1CCCCCN1CC(=O)N1CC[C@@]2(CCCN(CC3CCC3)C2=O)C1. The second kappa shape index (κ2) is 7.80. The van der Waals surface area contributed by atoms with Crippen LogP contribution in [0.25, 0.3) is 0 Å². The third-order valence-corrected chi connectivity index (χ3v) is 7.23. The Morgan fingerprint density at radius 2 is 1.74 bits per heavy atom. The molecule has 4 rings (SSSR count). The van der Waals surface area contributed by atoms with E-state index in [0.29, 0.717) is 32.0 Å². The van der Waals surface area contributed by atoms with Gasteiger partial charge in [0.15, 0.2) is 0 Å². The van der Waals surface area contributed by atoms with Crippen molar-refractivity contribution in [2.45, 2.75) is 64.2 Å². The molecule has 0 aromatic carbocycles. The number of carbonyl (C=O) groups excluding carboxylic acids is 3. The molecular formula is C21H33N3O3. The molecule has 0 N–H and O–H groups in total. The number of carbonyl (C=O) groups is 3. The molecule has 4 aliphatic rings. The third kappa shape index (κ3) is 3.85. The Balaban J connectivity index is 1.35. The van der Waals surface area contributed by atoms with Crippen molar-refractivity contribution in [3.63, 3.8) is 0 Å². The molecule has 6 nitrogen and oxygen atoms in total. The highest BCUT2D eigenvalue weighted by atomic mass is 16.2. The van der Waals surface area contributed by atoms with E-state index in [1.54, 1.807) is 4.90 Å². The molecule has 1 aliphatic carbocycles. The van der Waals surface area contributed by atoms with Crippen LogP contribution in [0.3, 0.4) is 0 Å². The van der Waals surface area contributed by atoms with E-state index < -0.39 is 0 Å². The van der Waals surface area contributed by atoms with Crippen LogP contribution < -0.4 is 0 Å². The van der Waals surface area contributed by atoms with Crippen LogP contribution in [-0.2, 0) is 14.4 Å². The van der Waals surface area contributed by atoms with Gasteiger partial charge in [0.25, 0.3) is 0 Å². The van der Waals surface area contributed by atoms with Gasteiger partial charge in [0.2, 0.25) is 17.7 Å². The van der Waals surface area contributed by atoms with Crippen molar-refractivity contribution in [1.29, 1.82) is 0 Å². The van der Waals surface area contributed by atoms with Crippen molar-refractivity contribution in [3.8, 4) is 0 Å². The zero-order chi connectivity index (χ0) is 18.9. The molecule has 3 aliphatic heterocycles. The fraction of sp³-hybridized carbons (Fsp3) is 0.857. The average molecular weight is 376 g/mol. The quantitative estimate of drug-likeness (QED) is 0.755. The van der Waals surface area contributed by atoms with Gasteiger partial charge in [0, 0.05) is 39.1 Å². The second-order valence-corrected chi connectivity index (χ2v) is 9.12. The molecule has 0 aromatic heterocycles. The Kier molecular flexibility index (Phi) is 5.42. The molecule has 0 bridgehead atoms. The first-order chi connectivity index (χ1) is 13.1. The lowest BCUT2D eigenvalue weighted by Gasteiger charge is -2.42. The van der Waals surface area contributed by atoms with Gasteiger partial charge in [-0.15, -0.1) is 0 Å². The summed E-state index contributed by atoms with van der Waals surface area (Å²) in [5.41, 5.74) is -0.361. The van der Waals surface area contributed by atoms with Gasteiger partial charge in [-0.3, -0.25) is 14.4 Å². The van der Waals surface area contributed by atoms with Crippen LogP contribution in [0, 0.1) is 11.3 Å².